The standard InChI is InChI=1S/C18H27BrN4O2/c1-22(2)17(24)12-21-18(20-11-16-5-4-10-25-16)23(3)13-14-6-8-15(19)9-7-14/h6-9,16H,4-5,10-13H2,1-3H3,(H,20,21). The minimum atomic E-state index is -0.0199. The fraction of sp³-hybridized carbons (Fsp3) is 0.556. The van der Waals surface area contributed by atoms with Crippen LogP contribution in [0.5, 0.6) is 0 Å². The van der Waals surface area contributed by atoms with Crippen molar-refractivity contribution in [2.75, 3.05) is 40.8 Å². The van der Waals surface area contributed by atoms with E-state index in [2.05, 4.69) is 38.4 Å². The van der Waals surface area contributed by atoms with Crippen LogP contribution in [0.3, 0.4) is 0 Å². The molecule has 0 saturated carbocycles. The van der Waals surface area contributed by atoms with E-state index in [0.29, 0.717) is 19.0 Å². The van der Waals surface area contributed by atoms with E-state index in [1.54, 1.807) is 19.0 Å². The number of ether oxygens (including phenoxy) is 1. The van der Waals surface area contributed by atoms with Gasteiger partial charge in [-0.25, -0.2) is 4.99 Å². The number of amides is 1. The summed E-state index contributed by atoms with van der Waals surface area (Å²) in [5.41, 5.74) is 1.18. The molecule has 1 aromatic rings. The minimum Gasteiger partial charge on any atom is -0.376 e. The van der Waals surface area contributed by atoms with Crippen LogP contribution in [0.2, 0.25) is 0 Å². The molecule has 1 aliphatic heterocycles. The molecule has 0 aromatic heterocycles. The van der Waals surface area contributed by atoms with Crippen LogP contribution in [0.4, 0.5) is 0 Å². The lowest BCUT2D eigenvalue weighted by Gasteiger charge is -2.24. The number of aliphatic imine (C=N–C) groups is 1. The highest BCUT2D eigenvalue weighted by molar-refractivity contribution is 9.10. The Bertz CT molecular complexity index is 583. The number of carbonyl (C=O) groups excluding carboxylic acids is 1. The molecule has 1 aromatic carbocycles. The van der Waals surface area contributed by atoms with Gasteiger partial charge in [0, 0.05) is 45.3 Å². The van der Waals surface area contributed by atoms with E-state index < -0.39 is 0 Å². The van der Waals surface area contributed by atoms with Crippen LogP contribution in [0.15, 0.2) is 33.7 Å². The van der Waals surface area contributed by atoms with Gasteiger partial charge in [0.05, 0.1) is 6.10 Å². The molecule has 1 N–H and O–H groups in total. The molecule has 6 nitrogen and oxygen atoms in total. The van der Waals surface area contributed by atoms with Gasteiger partial charge in [-0.15, -0.1) is 0 Å². The van der Waals surface area contributed by atoms with Crippen molar-refractivity contribution in [3.63, 3.8) is 0 Å². The molecule has 1 aliphatic rings. The first-order valence-corrected chi connectivity index (χ1v) is 9.30. The summed E-state index contributed by atoms with van der Waals surface area (Å²) in [5.74, 6) is 0.696. The summed E-state index contributed by atoms with van der Waals surface area (Å²) in [6.07, 6.45) is 2.39. The summed E-state index contributed by atoms with van der Waals surface area (Å²) in [4.78, 5) is 19.9. The monoisotopic (exact) mass is 410 g/mol. The number of halogens is 1. The van der Waals surface area contributed by atoms with Crippen molar-refractivity contribution >= 4 is 27.8 Å². The van der Waals surface area contributed by atoms with E-state index >= 15 is 0 Å². The van der Waals surface area contributed by atoms with Crippen LogP contribution in [-0.2, 0) is 16.1 Å². The molecular formula is C18H27BrN4O2. The third-order valence-electron chi connectivity index (χ3n) is 4.07. The Morgan fingerprint density at radius 2 is 2.04 bits per heavy atom. The third-order valence-corrected chi connectivity index (χ3v) is 4.60. The van der Waals surface area contributed by atoms with Crippen molar-refractivity contribution in [1.82, 2.24) is 15.1 Å². The highest BCUT2D eigenvalue weighted by Gasteiger charge is 2.17. The Morgan fingerprint density at radius 1 is 1.32 bits per heavy atom. The Kier molecular flexibility index (Phi) is 7.71. The van der Waals surface area contributed by atoms with Crippen LogP contribution in [-0.4, -0.2) is 68.6 Å². The predicted octanol–water partition coefficient (Wildman–Crippen LogP) is 2.09. The summed E-state index contributed by atoms with van der Waals surface area (Å²) < 4.78 is 6.72. The van der Waals surface area contributed by atoms with Gasteiger partial charge in [0.1, 0.15) is 6.54 Å². The van der Waals surface area contributed by atoms with Crippen molar-refractivity contribution in [2.45, 2.75) is 25.5 Å². The van der Waals surface area contributed by atoms with Gasteiger partial charge >= 0.3 is 0 Å². The topological polar surface area (TPSA) is 57.2 Å². The molecule has 1 saturated heterocycles. The maximum atomic E-state index is 11.9. The van der Waals surface area contributed by atoms with E-state index in [0.717, 1.165) is 23.9 Å². The molecule has 0 spiro atoms. The zero-order chi connectivity index (χ0) is 18.2. The zero-order valence-corrected chi connectivity index (χ0v) is 16.8. The van der Waals surface area contributed by atoms with Crippen LogP contribution >= 0.6 is 15.9 Å². The van der Waals surface area contributed by atoms with Crippen molar-refractivity contribution in [3.8, 4) is 0 Å². The molecule has 138 valence electrons. The molecule has 0 aliphatic carbocycles. The first-order valence-electron chi connectivity index (χ1n) is 8.51. The van der Waals surface area contributed by atoms with Crippen LogP contribution < -0.4 is 5.32 Å². The summed E-state index contributed by atoms with van der Waals surface area (Å²) in [6, 6.07) is 8.19. The second kappa shape index (κ2) is 9.77. The van der Waals surface area contributed by atoms with Gasteiger partial charge in [-0.2, -0.15) is 0 Å². The lowest BCUT2D eigenvalue weighted by atomic mass is 10.2. The molecule has 1 atom stereocenters. The van der Waals surface area contributed by atoms with E-state index in [1.165, 1.54) is 5.56 Å². The molecule has 25 heavy (non-hydrogen) atoms. The minimum absolute atomic E-state index is 0.0199. The number of nitrogens with one attached hydrogen (secondary N) is 1. The molecule has 1 amide bonds. The smallest absolute Gasteiger partial charge is 0.243 e. The van der Waals surface area contributed by atoms with Crippen LogP contribution in [0.1, 0.15) is 18.4 Å². The number of hydrogen-bond donors (Lipinski definition) is 1. The molecule has 1 fully saturated rings. The van der Waals surface area contributed by atoms with Gasteiger partial charge < -0.3 is 19.9 Å². The fourth-order valence-electron chi connectivity index (χ4n) is 2.54. The van der Waals surface area contributed by atoms with Crippen molar-refractivity contribution in [2.24, 2.45) is 4.99 Å². The van der Waals surface area contributed by atoms with Gasteiger partial charge in [-0.05, 0) is 30.5 Å². The number of guanidine groups is 1. The number of benzene rings is 1. The molecule has 1 unspecified atom stereocenters. The molecule has 2 rings (SSSR count). The summed E-state index contributed by atoms with van der Waals surface area (Å²) in [6.45, 7) is 2.37. The maximum absolute atomic E-state index is 11.9. The molecule has 0 radical (unpaired) electrons. The Labute approximate surface area is 158 Å². The van der Waals surface area contributed by atoms with Crippen molar-refractivity contribution < 1.29 is 9.53 Å². The number of carbonyl (C=O) groups is 1. The third kappa shape index (κ3) is 6.66. The Morgan fingerprint density at radius 3 is 2.64 bits per heavy atom. The summed E-state index contributed by atoms with van der Waals surface area (Å²) in [7, 11) is 5.45. The maximum Gasteiger partial charge on any atom is 0.243 e. The Hall–Kier alpha value is -1.60. The highest BCUT2D eigenvalue weighted by Crippen LogP contribution is 2.13. The fourth-order valence-corrected chi connectivity index (χ4v) is 2.81. The second-order valence-corrected chi connectivity index (χ2v) is 7.34. The quantitative estimate of drug-likeness (QED) is 0.576. The van der Waals surface area contributed by atoms with Gasteiger partial charge in [0.15, 0.2) is 5.96 Å². The molecule has 1 heterocycles. The molecular weight excluding hydrogens is 384 g/mol. The Balaban J connectivity index is 2.00. The van der Waals surface area contributed by atoms with E-state index in [-0.39, 0.29) is 18.6 Å². The number of hydrogen-bond acceptors (Lipinski definition) is 3. The number of rotatable bonds is 6. The summed E-state index contributed by atoms with van der Waals surface area (Å²) >= 11 is 3.45. The van der Waals surface area contributed by atoms with Gasteiger partial charge in [0.25, 0.3) is 0 Å². The first kappa shape index (κ1) is 19.7. The summed E-state index contributed by atoms with van der Waals surface area (Å²) in [5, 5.41) is 3.36. The van der Waals surface area contributed by atoms with Crippen LogP contribution in [0.25, 0.3) is 0 Å². The molecule has 7 heteroatoms. The van der Waals surface area contributed by atoms with Gasteiger partial charge in [-0.1, -0.05) is 28.1 Å². The van der Waals surface area contributed by atoms with Gasteiger partial charge in [-0.3, -0.25) is 4.79 Å². The molecule has 0 bridgehead atoms. The van der Waals surface area contributed by atoms with Gasteiger partial charge in [0.2, 0.25) is 5.91 Å². The SMILES string of the molecule is CN(C)C(=O)CN=C(NCC1CCCO1)N(C)Cc1ccc(Br)cc1. The average Bonchev–Trinajstić information content (AvgIpc) is 3.10. The lowest BCUT2D eigenvalue weighted by molar-refractivity contribution is -0.127. The predicted molar refractivity (Wildman–Crippen MR) is 104 cm³/mol. The normalized spacial score (nSPS) is 17.4. The zero-order valence-electron chi connectivity index (χ0n) is 15.2. The number of nitrogens with zero attached hydrogens (tertiary/aromatic N) is 3. The van der Waals surface area contributed by atoms with E-state index in [1.807, 2.05) is 24.1 Å². The van der Waals surface area contributed by atoms with Crippen molar-refractivity contribution in [1.29, 1.82) is 0 Å². The highest BCUT2D eigenvalue weighted by atomic mass is 79.9. The van der Waals surface area contributed by atoms with Crippen LogP contribution in [0, 0.1) is 0 Å². The van der Waals surface area contributed by atoms with Crippen molar-refractivity contribution in [3.05, 3.63) is 34.3 Å². The largest absolute Gasteiger partial charge is 0.376 e. The lowest BCUT2D eigenvalue weighted by Crippen LogP contribution is -2.42. The van der Waals surface area contributed by atoms with E-state index in [9.17, 15) is 4.79 Å². The number of likely N-dealkylation sites (N-methyl/N-ethyl adjacent to an activating group) is 1. The average molecular weight is 411 g/mol. The first-order chi connectivity index (χ1) is 12.0. The van der Waals surface area contributed by atoms with E-state index in [4.69, 9.17) is 4.74 Å². The second-order valence-electron chi connectivity index (χ2n) is 6.43.